The molecular formula is C24H24F5N3O4. The van der Waals surface area contributed by atoms with Crippen LogP contribution in [0.25, 0.3) is 0 Å². The molecule has 2 amide bonds. The summed E-state index contributed by atoms with van der Waals surface area (Å²) in [5.41, 5.74) is -2.71. The van der Waals surface area contributed by atoms with Gasteiger partial charge >= 0.3 is 6.18 Å². The van der Waals surface area contributed by atoms with Crippen LogP contribution in [0, 0.1) is 17.6 Å². The van der Waals surface area contributed by atoms with Crippen molar-refractivity contribution in [3.8, 4) is 5.75 Å². The second-order valence-electron chi connectivity index (χ2n) is 8.98. The molecule has 0 aliphatic carbocycles. The van der Waals surface area contributed by atoms with E-state index in [1.165, 1.54) is 30.2 Å². The Morgan fingerprint density at radius 3 is 2.61 bits per heavy atom. The maximum absolute atomic E-state index is 14.5. The summed E-state index contributed by atoms with van der Waals surface area (Å²) in [5.74, 6) is -6.71. The molecule has 0 bridgehead atoms. The Hall–Kier alpha value is -3.28. The molecule has 1 N–H and O–H groups in total. The van der Waals surface area contributed by atoms with Gasteiger partial charge in [0.25, 0.3) is 5.91 Å². The Labute approximate surface area is 203 Å². The van der Waals surface area contributed by atoms with Crippen molar-refractivity contribution in [1.29, 1.82) is 0 Å². The molecule has 1 aromatic carbocycles. The molecule has 7 nitrogen and oxygen atoms in total. The van der Waals surface area contributed by atoms with Crippen LogP contribution in [0.1, 0.15) is 38.2 Å². The Morgan fingerprint density at radius 1 is 1.28 bits per heavy atom. The lowest BCUT2D eigenvalue weighted by Crippen LogP contribution is -2.47. The van der Waals surface area contributed by atoms with Crippen molar-refractivity contribution >= 4 is 23.3 Å². The number of pyridine rings is 1. The molecule has 12 heteroatoms. The molecule has 2 fully saturated rings. The number of nitrogens with one attached hydrogen (secondary N) is 1. The van der Waals surface area contributed by atoms with E-state index in [1.54, 1.807) is 0 Å². The monoisotopic (exact) mass is 513 g/mol. The number of rotatable bonds is 5. The lowest BCUT2D eigenvalue weighted by atomic mass is 9.77. The van der Waals surface area contributed by atoms with Crippen molar-refractivity contribution in [2.45, 2.75) is 50.5 Å². The van der Waals surface area contributed by atoms with E-state index in [1.807, 2.05) is 0 Å². The number of halogens is 5. The summed E-state index contributed by atoms with van der Waals surface area (Å²) in [6.07, 6.45) is -4.23. The second-order valence-corrected chi connectivity index (χ2v) is 8.98. The Balaban J connectivity index is 1.71. The van der Waals surface area contributed by atoms with Crippen molar-refractivity contribution in [2.75, 3.05) is 23.9 Å². The number of carbonyl (C=O) groups is 2. The highest BCUT2D eigenvalue weighted by Crippen LogP contribution is 2.55. The minimum Gasteiger partial charge on any atom is -0.493 e. The predicted molar refractivity (Wildman–Crippen MR) is 119 cm³/mol. The summed E-state index contributed by atoms with van der Waals surface area (Å²) < 4.78 is 80.8. The van der Waals surface area contributed by atoms with E-state index in [2.05, 4.69) is 10.3 Å². The first-order chi connectivity index (χ1) is 16.9. The van der Waals surface area contributed by atoms with Crippen molar-refractivity contribution in [1.82, 2.24) is 4.98 Å². The summed E-state index contributed by atoms with van der Waals surface area (Å²) in [5, 5.41) is 2.52. The number of benzene rings is 1. The van der Waals surface area contributed by atoms with Gasteiger partial charge < -0.3 is 14.8 Å². The van der Waals surface area contributed by atoms with E-state index in [4.69, 9.17) is 9.47 Å². The molecule has 2 aliphatic heterocycles. The highest BCUT2D eigenvalue weighted by molar-refractivity contribution is 5.97. The summed E-state index contributed by atoms with van der Waals surface area (Å²) in [6, 6.07) is 4.69. The van der Waals surface area contributed by atoms with Crippen LogP contribution in [-0.2, 0) is 14.3 Å². The van der Waals surface area contributed by atoms with E-state index >= 15 is 0 Å². The normalized spacial score (nSPS) is 26.4. The van der Waals surface area contributed by atoms with Crippen molar-refractivity contribution in [2.24, 2.45) is 5.92 Å². The summed E-state index contributed by atoms with van der Waals surface area (Å²) >= 11 is 0. The highest BCUT2D eigenvalue weighted by Gasteiger charge is 2.65. The van der Waals surface area contributed by atoms with Gasteiger partial charge in [-0.2, -0.15) is 17.6 Å². The molecule has 2 aliphatic rings. The van der Waals surface area contributed by atoms with Gasteiger partial charge in [0.1, 0.15) is 11.9 Å². The van der Waals surface area contributed by atoms with Crippen molar-refractivity contribution in [3.05, 3.63) is 47.7 Å². The first-order valence-corrected chi connectivity index (χ1v) is 11.2. The SMILES string of the molecule is COc1c([C@H]2[C@H](C(=O)Nc3ccnc(N4CCCC4=O)c3)O[C@@](C)(C(F)(F)F)[C@H]2C)ccc(F)c1F. The Morgan fingerprint density at radius 2 is 2.00 bits per heavy atom. The quantitative estimate of drug-likeness (QED) is 0.593. The van der Waals surface area contributed by atoms with Crippen molar-refractivity contribution in [3.63, 3.8) is 0 Å². The van der Waals surface area contributed by atoms with Crippen LogP contribution >= 0.6 is 0 Å². The molecule has 36 heavy (non-hydrogen) atoms. The highest BCUT2D eigenvalue weighted by atomic mass is 19.4. The third kappa shape index (κ3) is 4.27. The van der Waals surface area contributed by atoms with Crippen LogP contribution in [0.4, 0.5) is 33.5 Å². The third-order valence-corrected chi connectivity index (χ3v) is 6.93. The number of hydrogen-bond donors (Lipinski definition) is 1. The largest absolute Gasteiger partial charge is 0.493 e. The molecule has 2 aromatic rings. The van der Waals surface area contributed by atoms with E-state index in [-0.39, 0.29) is 23.0 Å². The Bertz CT molecular complexity index is 1190. The summed E-state index contributed by atoms with van der Waals surface area (Å²) in [7, 11) is 1.05. The van der Waals surface area contributed by atoms with Gasteiger partial charge in [-0.05, 0) is 25.5 Å². The van der Waals surface area contributed by atoms with Gasteiger partial charge in [-0.15, -0.1) is 0 Å². The van der Waals surface area contributed by atoms with Gasteiger partial charge in [-0.1, -0.05) is 13.0 Å². The second kappa shape index (κ2) is 9.30. The van der Waals surface area contributed by atoms with Crippen LogP contribution in [0.15, 0.2) is 30.5 Å². The van der Waals surface area contributed by atoms with Crippen molar-refractivity contribution < 1.29 is 41.0 Å². The average molecular weight is 513 g/mol. The number of aromatic nitrogens is 1. The van der Waals surface area contributed by atoms with Crippen LogP contribution in [0.5, 0.6) is 5.75 Å². The fraction of sp³-hybridized carbons (Fsp3) is 0.458. The van der Waals surface area contributed by atoms with Gasteiger partial charge in [-0.3, -0.25) is 14.5 Å². The number of amides is 2. The first kappa shape index (κ1) is 25.8. The predicted octanol–water partition coefficient (Wildman–Crippen LogP) is 4.57. The third-order valence-electron chi connectivity index (χ3n) is 6.93. The number of alkyl halides is 3. The van der Waals surface area contributed by atoms with Crippen LogP contribution in [-0.4, -0.2) is 48.3 Å². The molecule has 3 heterocycles. The van der Waals surface area contributed by atoms with Crippen LogP contribution < -0.4 is 15.0 Å². The first-order valence-electron chi connectivity index (χ1n) is 11.2. The molecule has 4 rings (SSSR count). The molecular weight excluding hydrogens is 489 g/mol. The van der Waals surface area contributed by atoms with Gasteiger partial charge in [0.15, 0.2) is 17.2 Å². The minimum atomic E-state index is -4.87. The van der Waals surface area contributed by atoms with Crippen LogP contribution in [0.3, 0.4) is 0 Å². The molecule has 2 saturated heterocycles. The molecule has 0 unspecified atom stereocenters. The van der Waals surface area contributed by atoms with Gasteiger partial charge in [0, 0.05) is 48.3 Å². The molecule has 0 spiro atoms. The average Bonchev–Trinajstić information content (AvgIpc) is 3.37. The van der Waals surface area contributed by atoms with Gasteiger partial charge in [0.05, 0.1) is 7.11 Å². The zero-order chi connectivity index (χ0) is 26.4. The van der Waals surface area contributed by atoms with E-state index in [9.17, 15) is 31.5 Å². The number of ether oxygens (including phenoxy) is 2. The topological polar surface area (TPSA) is 80.8 Å². The number of methoxy groups -OCH3 is 1. The number of carbonyl (C=O) groups excluding carboxylic acids is 2. The number of anilines is 2. The zero-order valence-electron chi connectivity index (χ0n) is 19.7. The van der Waals surface area contributed by atoms with E-state index in [0.717, 1.165) is 26.2 Å². The standard InChI is InChI=1S/C24H24F5N3O4/c1-12-18(14-6-7-15(25)19(26)20(14)35-3)21(36-23(12,2)24(27,28)29)22(34)31-13-8-9-30-16(11-13)32-10-4-5-17(32)33/h6-9,11-12,18,21H,4-5,10H2,1-3H3,(H,30,31,34)/t12-,18-,21+,23+/m0/s1. The maximum Gasteiger partial charge on any atom is 0.417 e. The minimum absolute atomic E-state index is 0.130. The molecule has 0 saturated carbocycles. The Kier molecular flexibility index (Phi) is 6.67. The molecule has 0 radical (unpaired) electrons. The van der Waals surface area contributed by atoms with Gasteiger partial charge in [0.2, 0.25) is 11.7 Å². The molecule has 4 atom stereocenters. The maximum atomic E-state index is 14.5. The summed E-state index contributed by atoms with van der Waals surface area (Å²) in [4.78, 5) is 30.9. The summed E-state index contributed by atoms with van der Waals surface area (Å²) in [6.45, 7) is 2.50. The lowest BCUT2D eigenvalue weighted by molar-refractivity contribution is -0.272. The number of nitrogens with zero attached hydrogens (tertiary/aromatic N) is 2. The lowest BCUT2D eigenvalue weighted by Gasteiger charge is -2.32. The van der Waals surface area contributed by atoms with Crippen LogP contribution in [0.2, 0.25) is 0 Å². The zero-order valence-corrected chi connectivity index (χ0v) is 19.7. The van der Waals surface area contributed by atoms with E-state index < -0.39 is 53.0 Å². The number of hydrogen-bond acceptors (Lipinski definition) is 5. The fourth-order valence-corrected chi connectivity index (χ4v) is 4.79. The van der Waals surface area contributed by atoms with E-state index in [0.29, 0.717) is 19.4 Å². The van der Waals surface area contributed by atoms with Gasteiger partial charge in [-0.25, -0.2) is 9.37 Å². The molecule has 194 valence electrons. The molecule has 1 aromatic heterocycles. The fourth-order valence-electron chi connectivity index (χ4n) is 4.79. The smallest absolute Gasteiger partial charge is 0.417 e.